The van der Waals surface area contributed by atoms with Gasteiger partial charge in [0.15, 0.2) is 0 Å². The highest BCUT2D eigenvalue weighted by Crippen LogP contribution is 2.11. The van der Waals surface area contributed by atoms with Gasteiger partial charge in [-0.1, -0.05) is 24.3 Å². The molecule has 0 spiro atoms. The molecule has 2 aromatic carbocycles. The van der Waals surface area contributed by atoms with E-state index in [4.69, 9.17) is 0 Å². The molecule has 2 rings (SSSR count). The molecule has 0 bridgehead atoms. The van der Waals surface area contributed by atoms with Crippen molar-refractivity contribution in [2.45, 2.75) is 13.3 Å². The molecule has 2 N–H and O–H groups in total. The van der Waals surface area contributed by atoms with E-state index in [9.17, 15) is 19.7 Å². The molecule has 0 fully saturated rings. The highest BCUT2D eigenvalue weighted by atomic mass is 16.6. The Bertz CT molecular complexity index is 741. The van der Waals surface area contributed by atoms with Crippen LogP contribution in [-0.4, -0.2) is 16.7 Å². The highest BCUT2D eigenvalue weighted by molar-refractivity contribution is 5.95. The highest BCUT2D eigenvalue weighted by Gasteiger charge is 2.11. The molecule has 0 unspecified atom stereocenters. The predicted molar refractivity (Wildman–Crippen MR) is 83.6 cm³/mol. The van der Waals surface area contributed by atoms with Crippen molar-refractivity contribution in [1.82, 2.24) is 10.9 Å². The molecule has 0 aliphatic carbocycles. The molecule has 118 valence electrons. The molecular formula is C16H15N3O4. The summed E-state index contributed by atoms with van der Waals surface area (Å²) in [6.07, 6.45) is 0.146. The van der Waals surface area contributed by atoms with E-state index in [1.54, 1.807) is 0 Å². The largest absolute Gasteiger partial charge is 0.273 e. The van der Waals surface area contributed by atoms with E-state index in [-0.39, 0.29) is 23.6 Å². The van der Waals surface area contributed by atoms with E-state index in [0.717, 1.165) is 11.1 Å². The fourth-order valence-electron chi connectivity index (χ4n) is 1.96. The molecule has 0 saturated heterocycles. The number of nitro benzene ring substituents is 1. The number of amides is 2. The molecule has 23 heavy (non-hydrogen) atoms. The van der Waals surface area contributed by atoms with Gasteiger partial charge in [0.1, 0.15) is 0 Å². The Hall–Kier alpha value is -3.22. The van der Waals surface area contributed by atoms with Crippen LogP contribution in [-0.2, 0) is 11.2 Å². The quantitative estimate of drug-likeness (QED) is 0.665. The van der Waals surface area contributed by atoms with Crippen LogP contribution in [0.15, 0.2) is 48.5 Å². The SMILES string of the molecule is Cc1ccccc1CC(=O)NNC(=O)c1ccc([N+](=O)[O-])cc1. The minimum Gasteiger partial charge on any atom is -0.273 e. The van der Waals surface area contributed by atoms with Crippen molar-refractivity contribution < 1.29 is 14.5 Å². The van der Waals surface area contributed by atoms with Crippen LogP contribution < -0.4 is 10.9 Å². The van der Waals surface area contributed by atoms with Crippen LogP contribution in [0.2, 0.25) is 0 Å². The minimum absolute atomic E-state index is 0.106. The molecular weight excluding hydrogens is 298 g/mol. The number of nitrogens with one attached hydrogen (secondary N) is 2. The second kappa shape index (κ2) is 7.17. The van der Waals surface area contributed by atoms with Crippen molar-refractivity contribution in [3.8, 4) is 0 Å². The zero-order valence-electron chi connectivity index (χ0n) is 12.4. The molecule has 2 amide bonds. The number of hydrazine groups is 1. The second-order valence-corrected chi connectivity index (χ2v) is 4.91. The van der Waals surface area contributed by atoms with E-state index < -0.39 is 10.8 Å². The summed E-state index contributed by atoms with van der Waals surface area (Å²) in [5.41, 5.74) is 6.57. The Morgan fingerprint density at radius 2 is 1.70 bits per heavy atom. The van der Waals surface area contributed by atoms with Crippen LogP contribution in [0.1, 0.15) is 21.5 Å². The number of nitrogens with zero attached hydrogens (tertiary/aromatic N) is 1. The third kappa shape index (κ3) is 4.37. The Kier molecular flexibility index (Phi) is 5.03. The lowest BCUT2D eigenvalue weighted by Crippen LogP contribution is -2.42. The average Bonchev–Trinajstić information content (AvgIpc) is 2.55. The maximum absolute atomic E-state index is 11.9. The maximum Gasteiger partial charge on any atom is 0.269 e. The van der Waals surface area contributed by atoms with Crippen LogP contribution in [0.4, 0.5) is 5.69 Å². The smallest absolute Gasteiger partial charge is 0.269 e. The van der Waals surface area contributed by atoms with E-state index >= 15 is 0 Å². The number of carbonyl (C=O) groups excluding carboxylic acids is 2. The summed E-state index contributed by atoms with van der Waals surface area (Å²) in [4.78, 5) is 33.7. The number of carbonyl (C=O) groups is 2. The summed E-state index contributed by atoms with van der Waals surface area (Å²) in [5.74, 6) is -0.896. The van der Waals surface area contributed by atoms with Gasteiger partial charge in [-0.15, -0.1) is 0 Å². The predicted octanol–water partition coefficient (Wildman–Crippen LogP) is 1.91. The molecule has 7 nitrogen and oxygen atoms in total. The van der Waals surface area contributed by atoms with Crippen molar-refractivity contribution in [2.24, 2.45) is 0 Å². The van der Waals surface area contributed by atoms with Crippen molar-refractivity contribution in [3.63, 3.8) is 0 Å². The molecule has 0 aliphatic heterocycles. The van der Waals surface area contributed by atoms with Crippen LogP contribution in [0.5, 0.6) is 0 Å². The lowest BCUT2D eigenvalue weighted by atomic mass is 10.1. The Morgan fingerprint density at radius 1 is 1.04 bits per heavy atom. The number of benzene rings is 2. The first kappa shape index (κ1) is 16.2. The number of nitro groups is 1. The third-order valence-corrected chi connectivity index (χ3v) is 3.27. The summed E-state index contributed by atoms with van der Waals surface area (Å²) in [5, 5.41) is 10.5. The van der Waals surface area contributed by atoms with Crippen molar-refractivity contribution in [1.29, 1.82) is 0 Å². The summed E-state index contributed by atoms with van der Waals surface area (Å²) in [6, 6.07) is 12.6. The lowest BCUT2D eigenvalue weighted by molar-refractivity contribution is -0.384. The fraction of sp³-hybridized carbons (Fsp3) is 0.125. The molecule has 0 aromatic heterocycles. The summed E-state index contributed by atoms with van der Waals surface area (Å²) in [6.45, 7) is 1.90. The molecule has 2 aromatic rings. The van der Waals surface area contributed by atoms with E-state index in [0.29, 0.717) is 0 Å². The minimum atomic E-state index is -0.550. The number of non-ortho nitro benzene ring substituents is 1. The summed E-state index contributed by atoms with van der Waals surface area (Å²) < 4.78 is 0. The molecule has 0 aliphatic rings. The number of aryl methyl sites for hydroxylation is 1. The second-order valence-electron chi connectivity index (χ2n) is 4.91. The summed E-state index contributed by atoms with van der Waals surface area (Å²) in [7, 11) is 0. The Morgan fingerprint density at radius 3 is 2.30 bits per heavy atom. The summed E-state index contributed by atoms with van der Waals surface area (Å²) >= 11 is 0. The molecule has 0 heterocycles. The van der Waals surface area contributed by atoms with Gasteiger partial charge >= 0.3 is 0 Å². The normalized spacial score (nSPS) is 9.96. The van der Waals surface area contributed by atoms with E-state index in [2.05, 4.69) is 10.9 Å². The van der Waals surface area contributed by atoms with Gasteiger partial charge in [0.2, 0.25) is 5.91 Å². The van der Waals surface area contributed by atoms with Gasteiger partial charge in [-0.3, -0.25) is 30.6 Å². The molecule has 0 saturated carbocycles. The first-order valence-electron chi connectivity index (χ1n) is 6.85. The maximum atomic E-state index is 11.9. The molecule has 0 atom stereocenters. The number of rotatable bonds is 4. The zero-order chi connectivity index (χ0) is 16.8. The standard InChI is InChI=1S/C16H15N3O4/c1-11-4-2-3-5-13(11)10-15(20)17-18-16(21)12-6-8-14(9-7-12)19(22)23/h2-9H,10H2,1H3,(H,17,20)(H,18,21). The monoisotopic (exact) mass is 313 g/mol. The number of hydrogen-bond donors (Lipinski definition) is 2. The fourth-order valence-corrected chi connectivity index (χ4v) is 1.96. The third-order valence-electron chi connectivity index (χ3n) is 3.27. The van der Waals surface area contributed by atoms with Crippen LogP contribution in [0.25, 0.3) is 0 Å². The lowest BCUT2D eigenvalue weighted by Gasteiger charge is -2.08. The Balaban J connectivity index is 1.90. The topological polar surface area (TPSA) is 101 Å². The van der Waals surface area contributed by atoms with Gasteiger partial charge in [0.05, 0.1) is 11.3 Å². The van der Waals surface area contributed by atoms with Crippen LogP contribution in [0, 0.1) is 17.0 Å². The van der Waals surface area contributed by atoms with Crippen molar-refractivity contribution in [3.05, 3.63) is 75.3 Å². The van der Waals surface area contributed by atoms with Gasteiger partial charge in [0, 0.05) is 17.7 Å². The molecule has 7 heteroatoms. The van der Waals surface area contributed by atoms with Gasteiger partial charge in [-0.05, 0) is 30.2 Å². The van der Waals surface area contributed by atoms with E-state index in [1.807, 2.05) is 31.2 Å². The van der Waals surface area contributed by atoms with Crippen molar-refractivity contribution >= 4 is 17.5 Å². The molecule has 0 radical (unpaired) electrons. The zero-order valence-corrected chi connectivity index (χ0v) is 12.4. The van der Waals surface area contributed by atoms with Gasteiger partial charge < -0.3 is 0 Å². The first-order chi connectivity index (χ1) is 11.0. The van der Waals surface area contributed by atoms with E-state index in [1.165, 1.54) is 24.3 Å². The van der Waals surface area contributed by atoms with Crippen LogP contribution in [0.3, 0.4) is 0 Å². The van der Waals surface area contributed by atoms with Gasteiger partial charge in [-0.2, -0.15) is 0 Å². The van der Waals surface area contributed by atoms with Gasteiger partial charge in [-0.25, -0.2) is 0 Å². The number of hydrogen-bond acceptors (Lipinski definition) is 4. The van der Waals surface area contributed by atoms with Crippen molar-refractivity contribution in [2.75, 3.05) is 0 Å². The van der Waals surface area contributed by atoms with Gasteiger partial charge in [0.25, 0.3) is 11.6 Å². The Labute approximate surface area is 132 Å². The first-order valence-corrected chi connectivity index (χ1v) is 6.85. The van der Waals surface area contributed by atoms with Crippen LogP contribution >= 0.6 is 0 Å². The average molecular weight is 313 g/mol.